The van der Waals surface area contributed by atoms with Crippen LogP contribution in [0.5, 0.6) is 0 Å². The van der Waals surface area contributed by atoms with Gasteiger partial charge < -0.3 is 4.90 Å². The summed E-state index contributed by atoms with van der Waals surface area (Å²) in [6.07, 6.45) is 13.5. The number of carbonyl (C=O) groups is 2. The van der Waals surface area contributed by atoms with E-state index in [1.54, 1.807) is 0 Å². The molecule has 1 aliphatic heterocycles. The summed E-state index contributed by atoms with van der Waals surface area (Å²) in [4.78, 5) is 27.3. The Morgan fingerprint density at radius 1 is 0.929 bits per heavy atom. The molecule has 0 N–H and O–H groups in total. The molecule has 3 aliphatic rings. The Morgan fingerprint density at radius 2 is 1.68 bits per heavy atom. The van der Waals surface area contributed by atoms with Crippen molar-refractivity contribution in [2.45, 2.75) is 94.9 Å². The Kier molecular flexibility index (Phi) is 6.18. The molecular formula is C25H35NO2. The first-order valence-corrected chi connectivity index (χ1v) is 11.5. The Hall–Kier alpha value is -1.64. The molecule has 0 aromatic heterocycles. The number of ketones is 1. The molecule has 0 bridgehead atoms. The number of rotatable bonds is 8. The molecule has 2 saturated carbocycles. The molecule has 3 fully saturated rings. The van der Waals surface area contributed by atoms with E-state index in [0.29, 0.717) is 37.0 Å². The van der Waals surface area contributed by atoms with E-state index < -0.39 is 0 Å². The van der Waals surface area contributed by atoms with E-state index in [0.717, 1.165) is 31.7 Å². The molecule has 2 aliphatic carbocycles. The second-order valence-electron chi connectivity index (χ2n) is 9.38. The van der Waals surface area contributed by atoms with Gasteiger partial charge in [-0.1, -0.05) is 43.2 Å². The van der Waals surface area contributed by atoms with Gasteiger partial charge in [0.25, 0.3) is 0 Å². The fourth-order valence-corrected chi connectivity index (χ4v) is 5.64. The molecule has 3 nitrogen and oxygen atoms in total. The lowest BCUT2D eigenvalue weighted by Gasteiger charge is -2.44. The molecular weight excluding hydrogens is 346 g/mol. The number of piperidine rings is 1. The van der Waals surface area contributed by atoms with E-state index in [1.807, 2.05) is 0 Å². The highest BCUT2D eigenvalue weighted by Gasteiger charge is 2.43. The Bertz CT molecular complexity index is 677. The molecule has 1 amide bonds. The highest BCUT2D eigenvalue weighted by atomic mass is 16.2. The predicted molar refractivity (Wildman–Crippen MR) is 112 cm³/mol. The van der Waals surface area contributed by atoms with Crippen LogP contribution in [-0.4, -0.2) is 29.2 Å². The van der Waals surface area contributed by atoms with Gasteiger partial charge in [0.15, 0.2) is 0 Å². The van der Waals surface area contributed by atoms with E-state index in [2.05, 4.69) is 35.2 Å². The van der Waals surface area contributed by atoms with E-state index >= 15 is 0 Å². The van der Waals surface area contributed by atoms with Crippen LogP contribution in [0.1, 0.15) is 89.0 Å². The fraction of sp³-hybridized carbons (Fsp3) is 0.680. The minimum Gasteiger partial charge on any atom is -0.339 e. The van der Waals surface area contributed by atoms with Crippen molar-refractivity contribution in [1.82, 2.24) is 4.90 Å². The Balaban J connectivity index is 1.19. The molecule has 3 heteroatoms. The zero-order valence-electron chi connectivity index (χ0n) is 17.2. The normalized spacial score (nSPS) is 25.8. The van der Waals surface area contributed by atoms with Crippen LogP contribution in [0.4, 0.5) is 0 Å². The van der Waals surface area contributed by atoms with Gasteiger partial charge in [0.2, 0.25) is 5.91 Å². The van der Waals surface area contributed by atoms with Crippen molar-refractivity contribution in [3.8, 4) is 0 Å². The summed E-state index contributed by atoms with van der Waals surface area (Å²) < 4.78 is 0. The highest BCUT2D eigenvalue weighted by molar-refractivity contribution is 5.80. The average Bonchev–Trinajstić information content (AvgIpc) is 3.54. The zero-order valence-corrected chi connectivity index (χ0v) is 17.2. The van der Waals surface area contributed by atoms with E-state index in [-0.39, 0.29) is 5.41 Å². The molecule has 0 radical (unpaired) electrons. The third-order valence-electron chi connectivity index (χ3n) is 7.53. The number of amides is 1. The van der Waals surface area contributed by atoms with Crippen molar-refractivity contribution in [2.24, 2.45) is 5.92 Å². The summed E-state index contributed by atoms with van der Waals surface area (Å²) in [5.74, 6) is 1.37. The van der Waals surface area contributed by atoms with Crippen molar-refractivity contribution in [2.75, 3.05) is 6.54 Å². The number of carbonyl (C=O) groups excluding carboxylic acids is 2. The molecule has 2 unspecified atom stereocenters. The van der Waals surface area contributed by atoms with Crippen molar-refractivity contribution in [3.05, 3.63) is 35.9 Å². The lowest BCUT2D eigenvalue weighted by atomic mass is 9.78. The third-order valence-corrected chi connectivity index (χ3v) is 7.53. The first-order chi connectivity index (χ1) is 13.7. The number of Topliss-reactive ketones (excluding diaryl/α,β-unsaturated/α-hetero) is 1. The topological polar surface area (TPSA) is 37.4 Å². The quantitative estimate of drug-likeness (QED) is 0.603. The third kappa shape index (κ3) is 4.50. The fourth-order valence-electron chi connectivity index (χ4n) is 5.64. The largest absolute Gasteiger partial charge is 0.339 e. The summed E-state index contributed by atoms with van der Waals surface area (Å²) in [7, 11) is 0. The second-order valence-corrected chi connectivity index (χ2v) is 9.38. The van der Waals surface area contributed by atoms with Crippen molar-refractivity contribution >= 4 is 11.7 Å². The number of fused-ring (bicyclic) bond motifs is 1. The summed E-state index contributed by atoms with van der Waals surface area (Å²) in [6.45, 7) is 0.938. The molecule has 1 saturated heterocycles. The summed E-state index contributed by atoms with van der Waals surface area (Å²) in [6, 6.07) is 11.1. The van der Waals surface area contributed by atoms with Gasteiger partial charge in [-0.05, 0) is 68.3 Å². The number of hydrogen-bond donors (Lipinski definition) is 0. The van der Waals surface area contributed by atoms with Gasteiger partial charge in [-0.25, -0.2) is 0 Å². The standard InChI is InChI=1S/C25H35NO2/c27-22(15-16-25(17-18-25)21-10-2-1-3-11-21)12-6-14-24(28)26-19-7-9-20-8-4-5-13-23(20)26/h1-3,10-11,20,23H,4-9,12-19H2. The monoisotopic (exact) mass is 381 g/mol. The van der Waals surface area contributed by atoms with Gasteiger partial charge in [0, 0.05) is 31.8 Å². The van der Waals surface area contributed by atoms with Crippen LogP contribution < -0.4 is 0 Å². The minimum atomic E-state index is 0.260. The van der Waals surface area contributed by atoms with E-state index in [1.165, 1.54) is 50.5 Å². The van der Waals surface area contributed by atoms with Gasteiger partial charge in [-0.2, -0.15) is 0 Å². The molecule has 4 rings (SSSR count). The van der Waals surface area contributed by atoms with Crippen LogP contribution in [0.25, 0.3) is 0 Å². The second kappa shape index (κ2) is 8.80. The Morgan fingerprint density at radius 3 is 2.46 bits per heavy atom. The highest BCUT2D eigenvalue weighted by Crippen LogP contribution is 2.51. The van der Waals surface area contributed by atoms with Gasteiger partial charge in [0.1, 0.15) is 5.78 Å². The van der Waals surface area contributed by atoms with Crippen LogP contribution in [0.15, 0.2) is 30.3 Å². The molecule has 2 atom stereocenters. The summed E-state index contributed by atoms with van der Waals surface area (Å²) in [5.41, 5.74) is 1.65. The van der Waals surface area contributed by atoms with Crippen LogP contribution in [0.2, 0.25) is 0 Å². The molecule has 1 aromatic rings. The SMILES string of the molecule is O=C(CCCC(=O)N1CCCC2CCCCC21)CCC1(c2ccccc2)CC1. The summed E-state index contributed by atoms with van der Waals surface area (Å²) in [5, 5.41) is 0. The lowest BCUT2D eigenvalue weighted by Crippen LogP contribution is -2.49. The molecule has 152 valence electrons. The number of likely N-dealkylation sites (tertiary alicyclic amines) is 1. The maximum Gasteiger partial charge on any atom is 0.222 e. The van der Waals surface area contributed by atoms with Crippen LogP contribution in [-0.2, 0) is 15.0 Å². The van der Waals surface area contributed by atoms with Crippen molar-refractivity contribution in [1.29, 1.82) is 0 Å². The predicted octanol–water partition coefficient (Wildman–Crippen LogP) is 5.42. The van der Waals surface area contributed by atoms with Crippen molar-refractivity contribution < 1.29 is 9.59 Å². The molecule has 1 heterocycles. The molecule has 28 heavy (non-hydrogen) atoms. The van der Waals surface area contributed by atoms with Gasteiger partial charge in [0.05, 0.1) is 0 Å². The zero-order chi connectivity index (χ0) is 19.4. The van der Waals surface area contributed by atoms with Crippen LogP contribution in [0, 0.1) is 5.92 Å². The first kappa shape index (κ1) is 19.7. The van der Waals surface area contributed by atoms with Gasteiger partial charge in [-0.15, -0.1) is 0 Å². The number of nitrogens with zero attached hydrogens (tertiary/aromatic N) is 1. The van der Waals surface area contributed by atoms with Gasteiger partial charge in [-0.3, -0.25) is 9.59 Å². The number of hydrogen-bond acceptors (Lipinski definition) is 2. The molecule has 0 spiro atoms. The smallest absolute Gasteiger partial charge is 0.222 e. The Labute approximate surface area is 169 Å². The summed E-state index contributed by atoms with van der Waals surface area (Å²) >= 11 is 0. The average molecular weight is 382 g/mol. The first-order valence-electron chi connectivity index (χ1n) is 11.5. The minimum absolute atomic E-state index is 0.260. The van der Waals surface area contributed by atoms with Crippen LogP contribution >= 0.6 is 0 Å². The maximum absolute atomic E-state index is 12.8. The number of benzene rings is 1. The lowest BCUT2D eigenvalue weighted by molar-refractivity contribution is -0.137. The van der Waals surface area contributed by atoms with Crippen LogP contribution in [0.3, 0.4) is 0 Å². The van der Waals surface area contributed by atoms with Crippen molar-refractivity contribution in [3.63, 3.8) is 0 Å². The van der Waals surface area contributed by atoms with E-state index in [9.17, 15) is 9.59 Å². The van der Waals surface area contributed by atoms with E-state index in [4.69, 9.17) is 0 Å². The molecule has 1 aromatic carbocycles. The maximum atomic E-state index is 12.8. The van der Waals surface area contributed by atoms with Gasteiger partial charge >= 0.3 is 0 Å².